The van der Waals surface area contributed by atoms with E-state index in [9.17, 15) is 14.0 Å². The van der Waals surface area contributed by atoms with Crippen LogP contribution in [0.3, 0.4) is 0 Å². The molecule has 138 valence electrons. The first-order valence-electron chi connectivity index (χ1n) is 8.00. The Hall–Kier alpha value is -2.70. The molecule has 8 heteroatoms. The van der Waals surface area contributed by atoms with Crippen molar-refractivity contribution in [3.63, 3.8) is 0 Å². The molecule has 1 N–H and O–H groups in total. The number of halogens is 3. The second-order valence-corrected chi connectivity index (χ2v) is 6.51. The molecule has 1 aromatic heterocycles. The molecule has 3 aromatic rings. The summed E-state index contributed by atoms with van der Waals surface area (Å²) in [6.45, 7) is 0.485. The van der Waals surface area contributed by atoms with E-state index >= 15 is 0 Å². The lowest BCUT2D eigenvalue weighted by molar-refractivity contribution is 0.0952. The molecule has 5 nitrogen and oxygen atoms in total. The number of hydrogen-bond acceptors (Lipinski definition) is 3. The minimum Gasteiger partial charge on any atom is -0.350 e. The molecular formula is C19H14Cl2FN3O2. The fraction of sp³-hybridized carbons (Fsp3) is 0.105. The van der Waals surface area contributed by atoms with Gasteiger partial charge in [0.1, 0.15) is 5.82 Å². The van der Waals surface area contributed by atoms with E-state index in [0.29, 0.717) is 26.9 Å². The molecule has 0 aliphatic rings. The smallest absolute Gasteiger partial charge is 0.253 e. The number of carbonyl (C=O) groups excluding carboxylic acids is 1. The minimum absolute atomic E-state index is 0.233. The van der Waals surface area contributed by atoms with Crippen LogP contribution in [0.15, 0.2) is 59.7 Å². The van der Waals surface area contributed by atoms with E-state index in [1.54, 1.807) is 24.3 Å². The third kappa shape index (κ3) is 4.72. The van der Waals surface area contributed by atoms with Gasteiger partial charge in [0, 0.05) is 30.3 Å². The van der Waals surface area contributed by atoms with Gasteiger partial charge in [0.05, 0.1) is 22.1 Å². The van der Waals surface area contributed by atoms with Crippen molar-refractivity contribution in [2.24, 2.45) is 0 Å². The Morgan fingerprint density at radius 2 is 1.81 bits per heavy atom. The van der Waals surface area contributed by atoms with E-state index in [1.165, 1.54) is 35.2 Å². The first-order chi connectivity index (χ1) is 12.9. The van der Waals surface area contributed by atoms with Crippen molar-refractivity contribution >= 4 is 29.1 Å². The molecule has 0 unspecified atom stereocenters. The maximum atomic E-state index is 13.0. The molecule has 0 saturated heterocycles. The van der Waals surface area contributed by atoms with Gasteiger partial charge < -0.3 is 5.32 Å². The Morgan fingerprint density at radius 1 is 1.07 bits per heavy atom. The van der Waals surface area contributed by atoms with E-state index in [-0.39, 0.29) is 30.4 Å². The van der Waals surface area contributed by atoms with E-state index in [2.05, 4.69) is 10.3 Å². The quantitative estimate of drug-likeness (QED) is 0.702. The van der Waals surface area contributed by atoms with E-state index in [4.69, 9.17) is 23.2 Å². The Labute approximate surface area is 164 Å². The zero-order valence-corrected chi connectivity index (χ0v) is 15.5. The second kappa shape index (κ2) is 8.33. The second-order valence-electron chi connectivity index (χ2n) is 5.70. The lowest BCUT2D eigenvalue weighted by Crippen LogP contribution is -2.30. The number of benzene rings is 2. The van der Waals surface area contributed by atoms with Crippen molar-refractivity contribution in [1.29, 1.82) is 0 Å². The molecule has 3 rings (SSSR count). The highest BCUT2D eigenvalue weighted by Crippen LogP contribution is 2.22. The van der Waals surface area contributed by atoms with Crippen LogP contribution < -0.4 is 10.9 Å². The molecule has 0 saturated carbocycles. The minimum atomic E-state index is -0.357. The molecule has 2 aromatic carbocycles. The van der Waals surface area contributed by atoms with Crippen LogP contribution in [0.25, 0.3) is 11.3 Å². The SMILES string of the molecule is O=C(NCCn1cnc(-c2ccc(F)cc2)cc1=O)c1ccc(Cl)c(Cl)c1. The van der Waals surface area contributed by atoms with Crippen LogP contribution in [0.2, 0.25) is 10.0 Å². The molecule has 0 fully saturated rings. The van der Waals surface area contributed by atoms with Gasteiger partial charge in [0.25, 0.3) is 11.5 Å². The lowest BCUT2D eigenvalue weighted by Gasteiger charge is -2.09. The van der Waals surface area contributed by atoms with Gasteiger partial charge in [-0.3, -0.25) is 14.2 Å². The van der Waals surface area contributed by atoms with Crippen LogP contribution >= 0.6 is 23.2 Å². The third-order valence-corrected chi connectivity index (χ3v) is 4.58. The van der Waals surface area contributed by atoms with Crippen molar-refractivity contribution < 1.29 is 9.18 Å². The average Bonchev–Trinajstić information content (AvgIpc) is 2.65. The van der Waals surface area contributed by atoms with Crippen LogP contribution in [-0.4, -0.2) is 22.0 Å². The maximum absolute atomic E-state index is 13.0. The first kappa shape index (κ1) is 19.1. The topological polar surface area (TPSA) is 64.0 Å². The predicted molar refractivity (Wildman–Crippen MR) is 103 cm³/mol. The average molecular weight is 406 g/mol. The van der Waals surface area contributed by atoms with E-state index in [0.717, 1.165) is 0 Å². The molecule has 0 bridgehead atoms. The van der Waals surface area contributed by atoms with Gasteiger partial charge in [-0.1, -0.05) is 23.2 Å². The zero-order valence-electron chi connectivity index (χ0n) is 14.0. The lowest BCUT2D eigenvalue weighted by atomic mass is 10.1. The Morgan fingerprint density at radius 3 is 2.48 bits per heavy atom. The summed E-state index contributed by atoms with van der Waals surface area (Å²) in [5, 5.41) is 3.36. The normalized spacial score (nSPS) is 10.6. The highest BCUT2D eigenvalue weighted by atomic mass is 35.5. The van der Waals surface area contributed by atoms with Gasteiger partial charge in [0.2, 0.25) is 0 Å². The first-order valence-corrected chi connectivity index (χ1v) is 8.75. The summed E-state index contributed by atoms with van der Waals surface area (Å²) < 4.78 is 14.4. The molecule has 0 atom stereocenters. The molecule has 0 aliphatic heterocycles. The van der Waals surface area contributed by atoms with Crippen molar-refractivity contribution in [1.82, 2.24) is 14.9 Å². The van der Waals surface area contributed by atoms with Crippen molar-refractivity contribution in [2.45, 2.75) is 6.54 Å². The van der Waals surface area contributed by atoms with Crippen LogP contribution in [0, 0.1) is 5.82 Å². The standard InChI is InChI=1S/C19H14Cl2FN3O2/c20-15-6-3-13(9-16(15)21)19(27)23-7-8-25-11-24-17(10-18(25)26)12-1-4-14(22)5-2-12/h1-6,9-11H,7-8H2,(H,23,27). The van der Waals surface area contributed by atoms with Gasteiger partial charge in [-0.2, -0.15) is 0 Å². The number of amides is 1. The summed E-state index contributed by atoms with van der Waals surface area (Å²) in [4.78, 5) is 28.5. The zero-order chi connectivity index (χ0) is 19.4. The fourth-order valence-corrected chi connectivity index (χ4v) is 2.70. The summed E-state index contributed by atoms with van der Waals surface area (Å²) in [5.74, 6) is -0.678. The molecule has 0 aliphatic carbocycles. The number of hydrogen-bond donors (Lipinski definition) is 1. The molecule has 0 spiro atoms. The van der Waals surface area contributed by atoms with Gasteiger partial charge in [-0.05, 0) is 42.5 Å². The van der Waals surface area contributed by atoms with Crippen LogP contribution in [0.5, 0.6) is 0 Å². The number of aromatic nitrogens is 2. The summed E-state index contributed by atoms with van der Waals surface area (Å²) in [7, 11) is 0. The summed E-state index contributed by atoms with van der Waals surface area (Å²) in [6.07, 6.45) is 1.40. The third-order valence-electron chi connectivity index (χ3n) is 3.84. The molecule has 27 heavy (non-hydrogen) atoms. The van der Waals surface area contributed by atoms with Crippen molar-refractivity contribution in [3.05, 3.63) is 86.6 Å². The summed E-state index contributed by atoms with van der Waals surface area (Å²) in [6, 6.07) is 11.7. The maximum Gasteiger partial charge on any atom is 0.253 e. The highest BCUT2D eigenvalue weighted by Gasteiger charge is 2.08. The number of nitrogens with zero attached hydrogens (tertiary/aromatic N) is 2. The van der Waals surface area contributed by atoms with Gasteiger partial charge in [0.15, 0.2) is 0 Å². The van der Waals surface area contributed by atoms with E-state index < -0.39 is 0 Å². The molecule has 0 radical (unpaired) electrons. The van der Waals surface area contributed by atoms with Gasteiger partial charge >= 0.3 is 0 Å². The predicted octanol–water partition coefficient (Wildman–Crippen LogP) is 3.79. The monoisotopic (exact) mass is 405 g/mol. The molecular weight excluding hydrogens is 392 g/mol. The number of rotatable bonds is 5. The largest absolute Gasteiger partial charge is 0.350 e. The van der Waals surface area contributed by atoms with Crippen LogP contribution in [-0.2, 0) is 6.54 Å². The Balaban J connectivity index is 1.62. The number of carbonyl (C=O) groups is 1. The molecule has 1 amide bonds. The summed E-state index contributed by atoms with van der Waals surface area (Å²) >= 11 is 11.7. The summed E-state index contributed by atoms with van der Waals surface area (Å²) in [5.41, 5.74) is 1.21. The highest BCUT2D eigenvalue weighted by molar-refractivity contribution is 6.42. The van der Waals surface area contributed by atoms with Crippen LogP contribution in [0.4, 0.5) is 4.39 Å². The van der Waals surface area contributed by atoms with Crippen LogP contribution in [0.1, 0.15) is 10.4 Å². The van der Waals surface area contributed by atoms with Gasteiger partial charge in [-0.15, -0.1) is 0 Å². The van der Waals surface area contributed by atoms with Gasteiger partial charge in [-0.25, -0.2) is 9.37 Å². The molecule has 1 heterocycles. The number of nitrogens with one attached hydrogen (secondary N) is 1. The Bertz CT molecular complexity index is 1040. The Kier molecular flexibility index (Phi) is 5.88. The van der Waals surface area contributed by atoms with Crippen molar-refractivity contribution in [2.75, 3.05) is 6.54 Å². The van der Waals surface area contributed by atoms with E-state index in [1.807, 2.05) is 0 Å². The van der Waals surface area contributed by atoms with Crippen molar-refractivity contribution in [3.8, 4) is 11.3 Å². The fourth-order valence-electron chi connectivity index (χ4n) is 2.40.